The maximum Gasteiger partial charge on any atom is 0.240 e. The van der Waals surface area contributed by atoms with E-state index in [1.807, 2.05) is 19.1 Å². The van der Waals surface area contributed by atoms with E-state index in [9.17, 15) is 0 Å². The summed E-state index contributed by atoms with van der Waals surface area (Å²) in [6, 6.07) is 3.78. The fourth-order valence-corrected chi connectivity index (χ4v) is 1.87. The van der Waals surface area contributed by atoms with Gasteiger partial charge in [-0.25, -0.2) is 0 Å². The van der Waals surface area contributed by atoms with Gasteiger partial charge in [-0.05, 0) is 40.5 Å². The second-order valence-corrected chi connectivity index (χ2v) is 4.31. The van der Waals surface area contributed by atoms with Gasteiger partial charge in [0.2, 0.25) is 11.7 Å². The van der Waals surface area contributed by atoms with Gasteiger partial charge in [0.1, 0.15) is 5.75 Å². The molecule has 6 heteroatoms. The molecule has 17 heavy (non-hydrogen) atoms. The van der Waals surface area contributed by atoms with Crippen LogP contribution in [0.25, 0.3) is 11.4 Å². The Morgan fingerprint density at radius 2 is 2.24 bits per heavy atom. The van der Waals surface area contributed by atoms with E-state index < -0.39 is 0 Å². The monoisotopic (exact) mass is 297 g/mol. The summed E-state index contributed by atoms with van der Waals surface area (Å²) in [6.07, 6.45) is 0. The fourth-order valence-electron chi connectivity index (χ4n) is 1.46. The average Bonchev–Trinajstić information content (AvgIpc) is 2.81. The van der Waals surface area contributed by atoms with Crippen molar-refractivity contribution in [1.82, 2.24) is 10.1 Å². The van der Waals surface area contributed by atoms with E-state index in [4.69, 9.17) is 15.0 Å². The van der Waals surface area contributed by atoms with Crippen molar-refractivity contribution >= 4 is 15.9 Å². The van der Waals surface area contributed by atoms with Crippen LogP contribution in [0.3, 0.4) is 0 Å². The van der Waals surface area contributed by atoms with E-state index in [-0.39, 0.29) is 6.54 Å². The molecular formula is C11H12BrN3O2. The van der Waals surface area contributed by atoms with Crippen molar-refractivity contribution in [2.75, 3.05) is 7.11 Å². The molecule has 2 N–H and O–H groups in total. The number of hydrogen-bond donors (Lipinski definition) is 1. The predicted molar refractivity (Wildman–Crippen MR) is 66.6 cm³/mol. The standard InChI is InChI=1S/C11H12BrN3O2/c1-6-3-7(16-2)4-8(10(6)12)11-14-9(5-13)17-15-11/h3-4H,5,13H2,1-2H3. The lowest BCUT2D eigenvalue weighted by atomic mass is 10.1. The van der Waals surface area contributed by atoms with Crippen molar-refractivity contribution in [3.63, 3.8) is 0 Å². The summed E-state index contributed by atoms with van der Waals surface area (Å²) < 4.78 is 11.1. The third-order valence-corrected chi connectivity index (χ3v) is 3.40. The molecule has 1 aromatic heterocycles. The minimum absolute atomic E-state index is 0.230. The molecule has 0 aliphatic heterocycles. The normalized spacial score (nSPS) is 10.6. The molecule has 2 rings (SSSR count). The van der Waals surface area contributed by atoms with Crippen molar-refractivity contribution in [1.29, 1.82) is 0 Å². The molecule has 0 fully saturated rings. The highest BCUT2D eigenvalue weighted by Crippen LogP contribution is 2.33. The molecule has 0 unspecified atom stereocenters. The van der Waals surface area contributed by atoms with E-state index >= 15 is 0 Å². The Labute approximate surface area is 107 Å². The molecule has 0 amide bonds. The van der Waals surface area contributed by atoms with Gasteiger partial charge in [0.25, 0.3) is 0 Å². The first-order valence-electron chi connectivity index (χ1n) is 5.03. The number of methoxy groups -OCH3 is 1. The molecule has 0 spiro atoms. The molecule has 0 radical (unpaired) electrons. The Bertz CT molecular complexity index is 540. The van der Waals surface area contributed by atoms with Crippen LogP contribution in [0.5, 0.6) is 5.75 Å². The minimum atomic E-state index is 0.230. The molecule has 0 saturated carbocycles. The molecule has 0 saturated heterocycles. The third-order valence-electron chi connectivity index (χ3n) is 2.35. The number of halogens is 1. The molecule has 0 aliphatic carbocycles. The van der Waals surface area contributed by atoms with Crippen LogP contribution in [0, 0.1) is 6.92 Å². The maximum absolute atomic E-state index is 5.43. The molecule has 0 atom stereocenters. The molecule has 5 nitrogen and oxygen atoms in total. The number of ether oxygens (including phenoxy) is 1. The minimum Gasteiger partial charge on any atom is -0.497 e. The van der Waals surface area contributed by atoms with Crippen molar-refractivity contribution in [3.8, 4) is 17.1 Å². The van der Waals surface area contributed by atoms with E-state index in [0.29, 0.717) is 11.7 Å². The second-order valence-electron chi connectivity index (χ2n) is 3.52. The van der Waals surface area contributed by atoms with Gasteiger partial charge < -0.3 is 15.0 Å². The molecule has 1 heterocycles. The number of nitrogens with two attached hydrogens (primary N) is 1. The highest BCUT2D eigenvalue weighted by atomic mass is 79.9. The van der Waals surface area contributed by atoms with Crippen molar-refractivity contribution < 1.29 is 9.26 Å². The predicted octanol–water partition coefficient (Wildman–Crippen LogP) is 2.27. The summed E-state index contributed by atoms with van der Waals surface area (Å²) in [5, 5.41) is 3.88. The van der Waals surface area contributed by atoms with Crippen LogP contribution in [0.2, 0.25) is 0 Å². The van der Waals surface area contributed by atoms with Crippen LogP contribution < -0.4 is 10.5 Å². The van der Waals surface area contributed by atoms with Crippen LogP contribution >= 0.6 is 15.9 Å². The topological polar surface area (TPSA) is 74.2 Å². The maximum atomic E-state index is 5.43. The molecule has 1 aromatic carbocycles. The number of nitrogens with zero attached hydrogens (tertiary/aromatic N) is 2. The van der Waals surface area contributed by atoms with Gasteiger partial charge in [-0.2, -0.15) is 4.98 Å². The number of aromatic nitrogens is 2. The van der Waals surface area contributed by atoms with Gasteiger partial charge in [-0.3, -0.25) is 0 Å². The Hall–Kier alpha value is -1.40. The Balaban J connectivity index is 2.53. The quantitative estimate of drug-likeness (QED) is 0.941. The van der Waals surface area contributed by atoms with Crippen LogP contribution in [0.15, 0.2) is 21.1 Å². The zero-order valence-electron chi connectivity index (χ0n) is 9.53. The van der Waals surface area contributed by atoms with E-state index in [1.54, 1.807) is 7.11 Å². The summed E-state index contributed by atoms with van der Waals surface area (Å²) >= 11 is 3.50. The summed E-state index contributed by atoms with van der Waals surface area (Å²) in [5.41, 5.74) is 7.30. The van der Waals surface area contributed by atoms with Crippen molar-refractivity contribution in [2.24, 2.45) is 5.73 Å². The molecule has 0 bridgehead atoms. The fraction of sp³-hybridized carbons (Fsp3) is 0.273. The average molecular weight is 298 g/mol. The van der Waals surface area contributed by atoms with Crippen LogP contribution in [-0.4, -0.2) is 17.3 Å². The number of benzene rings is 1. The number of hydrogen-bond acceptors (Lipinski definition) is 5. The second kappa shape index (κ2) is 4.85. The van der Waals surface area contributed by atoms with Gasteiger partial charge in [0, 0.05) is 10.0 Å². The molecule has 90 valence electrons. The third kappa shape index (κ3) is 2.32. The van der Waals surface area contributed by atoms with Gasteiger partial charge in [-0.15, -0.1) is 0 Å². The zero-order chi connectivity index (χ0) is 12.4. The lowest BCUT2D eigenvalue weighted by Crippen LogP contribution is -1.96. The summed E-state index contributed by atoms with van der Waals surface area (Å²) in [6.45, 7) is 2.20. The van der Waals surface area contributed by atoms with Gasteiger partial charge >= 0.3 is 0 Å². The van der Waals surface area contributed by atoms with Crippen LogP contribution in [-0.2, 0) is 6.54 Å². The highest BCUT2D eigenvalue weighted by molar-refractivity contribution is 9.10. The van der Waals surface area contributed by atoms with Crippen LogP contribution in [0.1, 0.15) is 11.5 Å². The number of rotatable bonds is 3. The first-order valence-corrected chi connectivity index (χ1v) is 5.82. The lowest BCUT2D eigenvalue weighted by Gasteiger charge is -2.07. The smallest absolute Gasteiger partial charge is 0.240 e. The van der Waals surface area contributed by atoms with Gasteiger partial charge in [0.05, 0.1) is 13.7 Å². The van der Waals surface area contributed by atoms with Crippen molar-refractivity contribution in [3.05, 3.63) is 28.1 Å². The molecule has 2 aromatic rings. The first-order chi connectivity index (χ1) is 8.15. The van der Waals surface area contributed by atoms with Gasteiger partial charge in [-0.1, -0.05) is 5.16 Å². The summed E-state index contributed by atoms with van der Waals surface area (Å²) in [5.74, 6) is 1.66. The highest BCUT2D eigenvalue weighted by Gasteiger charge is 2.14. The summed E-state index contributed by atoms with van der Waals surface area (Å²) in [7, 11) is 1.62. The Morgan fingerprint density at radius 3 is 2.82 bits per heavy atom. The number of aryl methyl sites for hydroxylation is 1. The molecule has 0 aliphatic rings. The van der Waals surface area contributed by atoms with Gasteiger partial charge in [0.15, 0.2) is 0 Å². The molecular weight excluding hydrogens is 286 g/mol. The van der Waals surface area contributed by atoms with Crippen LogP contribution in [0.4, 0.5) is 0 Å². The Kier molecular flexibility index (Phi) is 3.44. The van der Waals surface area contributed by atoms with E-state index in [2.05, 4.69) is 26.1 Å². The Morgan fingerprint density at radius 1 is 1.47 bits per heavy atom. The SMILES string of the molecule is COc1cc(C)c(Br)c(-c2noc(CN)n2)c1. The van der Waals surface area contributed by atoms with E-state index in [0.717, 1.165) is 21.3 Å². The lowest BCUT2D eigenvalue weighted by molar-refractivity contribution is 0.380. The van der Waals surface area contributed by atoms with E-state index in [1.165, 1.54) is 0 Å². The van der Waals surface area contributed by atoms with Crippen molar-refractivity contribution in [2.45, 2.75) is 13.5 Å². The summed E-state index contributed by atoms with van der Waals surface area (Å²) in [4.78, 5) is 4.19. The zero-order valence-corrected chi connectivity index (χ0v) is 11.1. The first kappa shape index (κ1) is 12.1. The largest absolute Gasteiger partial charge is 0.497 e.